The maximum absolute atomic E-state index is 13.1. The molecule has 2 amide bonds. The molecule has 0 saturated carbocycles. The number of nitrogens with zero attached hydrogens (tertiary/aromatic N) is 4. The van der Waals surface area contributed by atoms with Gasteiger partial charge in [0.2, 0.25) is 5.91 Å². The third-order valence-electron chi connectivity index (χ3n) is 4.72. The number of amides is 2. The number of rotatable bonds is 5. The van der Waals surface area contributed by atoms with Crippen LogP contribution in [0, 0.1) is 0 Å². The SMILES string of the molecule is CC(O)C(N)C(=O)NC(=O)[C@@]1(n2cnc3c(N)ncnc32)O[C@H](CO)[C@@H](O)[C@H]1O. The lowest BCUT2D eigenvalue weighted by Crippen LogP contribution is -2.60. The van der Waals surface area contributed by atoms with Crippen LogP contribution in [0.25, 0.3) is 11.2 Å². The maximum Gasteiger partial charge on any atom is 0.283 e. The Bertz CT molecular complexity index is 935. The summed E-state index contributed by atoms with van der Waals surface area (Å²) in [5, 5.41) is 41.8. The van der Waals surface area contributed by atoms with Crippen LogP contribution >= 0.6 is 0 Å². The second-order valence-electron chi connectivity index (χ2n) is 6.60. The first-order valence-electron chi connectivity index (χ1n) is 8.52. The Morgan fingerprint density at radius 3 is 2.66 bits per heavy atom. The number of fused-ring (bicyclic) bond motifs is 1. The van der Waals surface area contributed by atoms with Crippen LogP contribution < -0.4 is 16.8 Å². The number of ether oxygens (including phenoxy) is 1. The first-order chi connectivity index (χ1) is 13.6. The van der Waals surface area contributed by atoms with Crippen molar-refractivity contribution in [1.82, 2.24) is 24.8 Å². The fourth-order valence-corrected chi connectivity index (χ4v) is 3.05. The van der Waals surface area contributed by atoms with Crippen LogP contribution in [0.5, 0.6) is 0 Å². The molecule has 2 aromatic rings. The van der Waals surface area contributed by atoms with Crippen molar-refractivity contribution in [2.75, 3.05) is 12.3 Å². The lowest BCUT2D eigenvalue weighted by molar-refractivity contribution is -0.177. The first-order valence-corrected chi connectivity index (χ1v) is 8.52. The first kappa shape index (κ1) is 21.0. The van der Waals surface area contributed by atoms with Crippen molar-refractivity contribution < 1.29 is 34.8 Å². The van der Waals surface area contributed by atoms with Crippen LogP contribution in [0.2, 0.25) is 0 Å². The number of carbonyl (C=O) groups excluding carboxylic acids is 2. The zero-order chi connectivity index (χ0) is 21.5. The summed E-state index contributed by atoms with van der Waals surface area (Å²) in [5.74, 6) is -2.30. The number of aliphatic hydroxyl groups is 4. The van der Waals surface area contributed by atoms with E-state index in [4.69, 9.17) is 16.2 Å². The molecule has 6 atom stereocenters. The van der Waals surface area contributed by atoms with Crippen molar-refractivity contribution in [1.29, 1.82) is 0 Å². The van der Waals surface area contributed by atoms with Gasteiger partial charge in [-0.1, -0.05) is 0 Å². The van der Waals surface area contributed by atoms with Crippen molar-refractivity contribution in [2.24, 2.45) is 5.73 Å². The molecular formula is C15H21N7O7. The summed E-state index contributed by atoms with van der Waals surface area (Å²) in [4.78, 5) is 37.0. The highest BCUT2D eigenvalue weighted by Crippen LogP contribution is 2.38. The van der Waals surface area contributed by atoms with E-state index in [9.17, 15) is 30.0 Å². The van der Waals surface area contributed by atoms with Gasteiger partial charge in [-0.15, -0.1) is 0 Å². The molecule has 14 nitrogen and oxygen atoms in total. The van der Waals surface area contributed by atoms with Gasteiger partial charge in [-0.2, -0.15) is 0 Å². The quantitative estimate of drug-likeness (QED) is 0.247. The molecule has 29 heavy (non-hydrogen) atoms. The monoisotopic (exact) mass is 411 g/mol. The maximum atomic E-state index is 13.1. The number of nitrogens with two attached hydrogens (primary N) is 2. The normalized spacial score (nSPS) is 29.0. The van der Waals surface area contributed by atoms with Crippen molar-refractivity contribution in [2.45, 2.75) is 43.1 Å². The van der Waals surface area contributed by atoms with E-state index in [-0.39, 0.29) is 17.0 Å². The zero-order valence-corrected chi connectivity index (χ0v) is 15.2. The molecule has 0 spiro atoms. The minimum Gasteiger partial charge on any atom is -0.394 e. The molecule has 0 radical (unpaired) electrons. The third kappa shape index (κ3) is 3.21. The van der Waals surface area contributed by atoms with E-state index in [1.54, 1.807) is 0 Å². The molecule has 2 aromatic heterocycles. The topological polar surface area (TPSA) is 232 Å². The highest BCUT2D eigenvalue weighted by Gasteiger charge is 2.61. The molecule has 3 heterocycles. The summed E-state index contributed by atoms with van der Waals surface area (Å²) in [5.41, 5.74) is 8.86. The van der Waals surface area contributed by atoms with Crippen LogP contribution in [-0.2, 0) is 20.1 Å². The number of aliphatic hydroxyl groups excluding tert-OH is 4. The van der Waals surface area contributed by atoms with Crippen molar-refractivity contribution >= 4 is 28.8 Å². The van der Waals surface area contributed by atoms with Crippen molar-refractivity contribution in [3.8, 4) is 0 Å². The molecule has 14 heteroatoms. The summed E-state index contributed by atoms with van der Waals surface area (Å²) in [7, 11) is 0. The number of anilines is 1. The molecular weight excluding hydrogens is 390 g/mol. The van der Waals surface area contributed by atoms with Gasteiger partial charge in [-0.05, 0) is 6.92 Å². The Labute approximate surface area is 163 Å². The van der Waals surface area contributed by atoms with Gasteiger partial charge in [0.15, 0.2) is 11.5 Å². The minimum atomic E-state index is -2.45. The molecule has 3 rings (SSSR count). The summed E-state index contributed by atoms with van der Waals surface area (Å²) in [6.45, 7) is 0.512. The predicted octanol–water partition coefficient (Wildman–Crippen LogP) is -4.47. The van der Waals surface area contributed by atoms with Crippen LogP contribution in [-0.4, -0.2) is 88.8 Å². The number of aromatic nitrogens is 4. The summed E-state index contributed by atoms with van der Waals surface area (Å²) >= 11 is 0. The van der Waals surface area contributed by atoms with Gasteiger partial charge >= 0.3 is 0 Å². The molecule has 1 aliphatic rings. The Morgan fingerprint density at radius 1 is 1.38 bits per heavy atom. The van der Waals surface area contributed by atoms with E-state index in [2.05, 4.69) is 15.0 Å². The van der Waals surface area contributed by atoms with E-state index in [0.717, 1.165) is 17.2 Å². The van der Waals surface area contributed by atoms with Crippen LogP contribution in [0.4, 0.5) is 5.82 Å². The van der Waals surface area contributed by atoms with Crippen LogP contribution in [0.1, 0.15) is 6.92 Å². The average Bonchev–Trinajstić information content (AvgIpc) is 3.22. The molecule has 1 aliphatic heterocycles. The predicted molar refractivity (Wildman–Crippen MR) is 94.5 cm³/mol. The Kier molecular flexibility index (Phi) is 5.48. The highest BCUT2D eigenvalue weighted by molar-refractivity contribution is 6.01. The molecule has 1 fully saturated rings. The fraction of sp³-hybridized carbons (Fsp3) is 0.533. The van der Waals surface area contributed by atoms with Crippen molar-refractivity contribution in [3.05, 3.63) is 12.7 Å². The number of imide groups is 1. The molecule has 0 aliphatic carbocycles. The van der Waals surface area contributed by atoms with E-state index in [0.29, 0.717) is 0 Å². The standard InChI is InChI=1S/C15H21N7O7/c1-5(24)7(16)13(27)21-14(28)15(10(26)9(25)6(2-23)29-15)22-4-20-8-11(17)18-3-19-12(8)22/h3-7,9-10,23-26H,2,16H2,1H3,(H2,17,18,19)(H,21,27,28)/t5?,6-,7?,9-,10-,15+/m1/s1. The molecule has 0 aromatic carbocycles. The van der Waals surface area contributed by atoms with Gasteiger partial charge in [-0.25, -0.2) is 15.0 Å². The van der Waals surface area contributed by atoms with Crippen LogP contribution in [0.3, 0.4) is 0 Å². The van der Waals surface area contributed by atoms with Gasteiger partial charge < -0.3 is 36.6 Å². The Balaban J connectivity index is 2.12. The Morgan fingerprint density at radius 2 is 2.07 bits per heavy atom. The third-order valence-corrected chi connectivity index (χ3v) is 4.72. The van der Waals surface area contributed by atoms with E-state index in [1.807, 2.05) is 5.32 Å². The Hall–Kier alpha value is -2.75. The molecule has 9 N–H and O–H groups in total. The van der Waals surface area contributed by atoms with Gasteiger partial charge in [0.1, 0.15) is 42.5 Å². The van der Waals surface area contributed by atoms with Gasteiger partial charge in [0, 0.05) is 0 Å². The summed E-state index contributed by atoms with van der Waals surface area (Å²) in [6, 6.07) is -1.45. The van der Waals surface area contributed by atoms with Gasteiger partial charge in [0.05, 0.1) is 12.7 Å². The second-order valence-corrected chi connectivity index (χ2v) is 6.60. The molecule has 0 bridgehead atoms. The summed E-state index contributed by atoms with van der Waals surface area (Å²) in [6.07, 6.45) is -4.13. The van der Waals surface area contributed by atoms with E-state index >= 15 is 0 Å². The minimum absolute atomic E-state index is 0.0248. The van der Waals surface area contributed by atoms with Gasteiger partial charge in [0.25, 0.3) is 11.6 Å². The second kappa shape index (κ2) is 7.58. The number of nitrogen functional groups attached to an aromatic ring is 1. The zero-order valence-electron chi connectivity index (χ0n) is 15.2. The summed E-state index contributed by atoms with van der Waals surface area (Å²) < 4.78 is 6.49. The molecule has 2 unspecified atom stereocenters. The smallest absolute Gasteiger partial charge is 0.283 e. The number of carbonyl (C=O) groups is 2. The lowest BCUT2D eigenvalue weighted by Gasteiger charge is -2.32. The molecule has 1 saturated heterocycles. The largest absolute Gasteiger partial charge is 0.394 e. The van der Waals surface area contributed by atoms with Crippen LogP contribution in [0.15, 0.2) is 12.7 Å². The molecule has 158 valence electrons. The van der Waals surface area contributed by atoms with Crippen molar-refractivity contribution in [3.63, 3.8) is 0 Å². The number of hydrogen-bond donors (Lipinski definition) is 7. The van der Waals surface area contributed by atoms with Gasteiger partial charge in [-0.3, -0.25) is 19.5 Å². The number of nitrogens with one attached hydrogen (secondary N) is 1. The number of imidazole rings is 1. The van der Waals surface area contributed by atoms with E-state index in [1.165, 1.54) is 6.92 Å². The lowest BCUT2D eigenvalue weighted by atomic mass is 10.0. The fourth-order valence-electron chi connectivity index (χ4n) is 3.05. The number of hydrogen-bond acceptors (Lipinski definition) is 12. The van der Waals surface area contributed by atoms with E-state index < -0.39 is 54.6 Å². The highest BCUT2D eigenvalue weighted by atomic mass is 16.6. The average molecular weight is 411 g/mol.